The Morgan fingerprint density at radius 3 is 2.19 bits per heavy atom. The summed E-state index contributed by atoms with van der Waals surface area (Å²) in [5.41, 5.74) is -0.750. The molecule has 0 fully saturated rings. The predicted octanol–water partition coefficient (Wildman–Crippen LogP) is 1.63. The Kier molecular flexibility index (Phi) is 5.01. The van der Waals surface area contributed by atoms with Crippen LogP contribution in [0.2, 0.25) is 0 Å². The van der Waals surface area contributed by atoms with Gasteiger partial charge < -0.3 is 4.74 Å². The van der Waals surface area contributed by atoms with E-state index in [0.29, 0.717) is 5.01 Å². The third kappa shape index (κ3) is 8.30. The normalized spacial score (nSPS) is 12.4. The number of nitrogens with two attached hydrogens (primary N) is 1. The van der Waals surface area contributed by atoms with E-state index in [1.165, 1.54) is 0 Å². The van der Waals surface area contributed by atoms with Gasteiger partial charge in [0.05, 0.1) is 13.2 Å². The standard InChI is InChI=1S/C8H15F3N2O3/c1-7(2,3)16-6(14)13(12)4-5-15-8(9,10)11/h4-5,12H2,1-3H3. The third-order valence-electron chi connectivity index (χ3n) is 1.23. The zero-order valence-corrected chi connectivity index (χ0v) is 9.30. The summed E-state index contributed by atoms with van der Waals surface area (Å²) in [5.74, 6) is 5.17. The summed E-state index contributed by atoms with van der Waals surface area (Å²) in [6.07, 6.45) is -5.63. The van der Waals surface area contributed by atoms with E-state index in [9.17, 15) is 18.0 Å². The Balaban J connectivity index is 3.89. The zero-order chi connectivity index (χ0) is 13.0. The van der Waals surface area contributed by atoms with E-state index in [0.717, 1.165) is 0 Å². The first-order valence-corrected chi connectivity index (χ1v) is 4.47. The number of carbonyl (C=O) groups is 1. The molecule has 2 N–H and O–H groups in total. The molecule has 0 spiro atoms. The van der Waals surface area contributed by atoms with Gasteiger partial charge in [-0.1, -0.05) is 0 Å². The molecular formula is C8H15F3N2O3. The van der Waals surface area contributed by atoms with Crippen molar-refractivity contribution in [1.82, 2.24) is 5.01 Å². The van der Waals surface area contributed by atoms with E-state index in [1.807, 2.05) is 0 Å². The number of hydrazine groups is 1. The lowest BCUT2D eigenvalue weighted by atomic mass is 10.2. The fourth-order valence-corrected chi connectivity index (χ4v) is 0.672. The van der Waals surface area contributed by atoms with Gasteiger partial charge in [0.1, 0.15) is 5.60 Å². The minimum atomic E-state index is -4.73. The predicted molar refractivity (Wildman–Crippen MR) is 49.1 cm³/mol. The van der Waals surface area contributed by atoms with Gasteiger partial charge in [0.25, 0.3) is 0 Å². The SMILES string of the molecule is CC(C)(C)OC(=O)N(N)CCOC(F)(F)F. The van der Waals surface area contributed by atoms with Crippen LogP contribution >= 0.6 is 0 Å². The van der Waals surface area contributed by atoms with Crippen molar-refractivity contribution in [3.63, 3.8) is 0 Å². The van der Waals surface area contributed by atoms with E-state index in [2.05, 4.69) is 4.74 Å². The minimum absolute atomic E-state index is 0.408. The summed E-state index contributed by atoms with van der Waals surface area (Å²) >= 11 is 0. The number of carbonyl (C=O) groups excluding carboxylic acids is 1. The lowest BCUT2D eigenvalue weighted by molar-refractivity contribution is -0.324. The highest BCUT2D eigenvalue weighted by Gasteiger charge is 2.29. The first-order chi connectivity index (χ1) is 7.01. The summed E-state index contributed by atoms with van der Waals surface area (Å²) < 4.78 is 43.0. The summed E-state index contributed by atoms with van der Waals surface area (Å²) in [6.45, 7) is 3.70. The van der Waals surface area contributed by atoms with Crippen molar-refractivity contribution in [2.45, 2.75) is 32.7 Å². The van der Waals surface area contributed by atoms with Crippen LogP contribution in [0.25, 0.3) is 0 Å². The van der Waals surface area contributed by atoms with Crippen LogP contribution in [0.5, 0.6) is 0 Å². The Morgan fingerprint density at radius 1 is 1.31 bits per heavy atom. The molecule has 0 atom stereocenters. The van der Waals surface area contributed by atoms with Crippen LogP contribution in [-0.4, -0.2) is 36.2 Å². The molecule has 0 heterocycles. The number of amides is 1. The van der Waals surface area contributed by atoms with E-state index in [4.69, 9.17) is 10.6 Å². The molecule has 0 aromatic carbocycles. The van der Waals surface area contributed by atoms with Crippen LogP contribution in [0.15, 0.2) is 0 Å². The number of alkyl halides is 3. The van der Waals surface area contributed by atoms with Gasteiger partial charge in [-0.25, -0.2) is 15.6 Å². The minimum Gasteiger partial charge on any atom is -0.443 e. The second kappa shape index (κ2) is 5.35. The molecule has 0 aliphatic heterocycles. The maximum absolute atomic E-state index is 11.6. The van der Waals surface area contributed by atoms with E-state index in [1.54, 1.807) is 20.8 Å². The lowest BCUT2D eigenvalue weighted by Crippen LogP contribution is -2.43. The maximum atomic E-state index is 11.6. The first kappa shape index (κ1) is 15.0. The van der Waals surface area contributed by atoms with Gasteiger partial charge in [0, 0.05) is 0 Å². The highest BCUT2D eigenvalue weighted by Crippen LogP contribution is 2.15. The Morgan fingerprint density at radius 2 is 1.81 bits per heavy atom. The molecular weight excluding hydrogens is 229 g/mol. The highest BCUT2D eigenvalue weighted by molar-refractivity contribution is 5.67. The van der Waals surface area contributed by atoms with Crippen molar-refractivity contribution in [2.75, 3.05) is 13.2 Å². The first-order valence-electron chi connectivity index (χ1n) is 4.47. The molecule has 0 aliphatic rings. The van der Waals surface area contributed by atoms with Gasteiger partial charge in [-0.15, -0.1) is 13.2 Å². The molecule has 0 aromatic heterocycles. The van der Waals surface area contributed by atoms with E-state index in [-0.39, 0.29) is 0 Å². The Labute approximate surface area is 91.2 Å². The van der Waals surface area contributed by atoms with Crippen molar-refractivity contribution >= 4 is 6.09 Å². The van der Waals surface area contributed by atoms with Crippen LogP contribution < -0.4 is 5.84 Å². The van der Waals surface area contributed by atoms with Gasteiger partial charge in [0.2, 0.25) is 0 Å². The molecule has 0 unspecified atom stereocenters. The second-order valence-corrected chi connectivity index (χ2v) is 3.97. The average molecular weight is 244 g/mol. The largest absolute Gasteiger partial charge is 0.522 e. The third-order valence-corrected chi connectivity index (χ3v) is 1.23. The number of nitrogens with zero attached hydrogens (tertiary/aromatic N) is 1. The van der Waals surface area contributed by atoms with Crippen molar-refractivity contribution in [1.29, 1.82) is 0 Å². The Hall–Kier alpha value is -1.02. The average Bonchev–Trinajstić information content (AvgIpc) is 1.98. The molecule has 1 amide bonds. The van der Waals surface area contributed by atoms with Crippen molar-refractivity contribution in [2.24, 2.45) is 5.84 Å². The van der Waals surface area contributed by atoms with Crippen molar-refractivity contribution in [3.05, 3.63) is 0 Å². The van der Waals surface area contributed by atoms with Crippen LogP contribution in [0.3, 0.4) is 0 Å². The monoisotopic (exact) mass is 244 g/mol. The highest BCUT2D eigenvalue weighted by atomic mass is 19.4. The molecule has 0 bridgehead atoms. The van der Waals surface area contributed by atoms with Crippen LogP contribution in [0.1, 0.15) is 20.8 Å². The van der Waals surface area contributed by atoms with Gasteiger partial charge >= 0.3 is 12.5 Å². The topological polar surface area (TPSA) is 64.8 Å². The molecule has 96 valence electrons. The number of hydrogen-bond acceptors (Lipinski definition) is 4. The molecule has 8 heteroatoms. The zero-order valence-electron chi connectivity index (χ0n) is 9.30. The van der Waals surface area contributed by atoms with Crippen LogP contribution in [0, 0.1) is 0 Å². The maximum Gasteiger partial charge on any atom is 0.522 e. The summed E-state index contributed by atoms with van der Waals surface area (Å²) in [7, 11) is 0. The van der Waals surface area contributed by atoms with Crippen LogP contribution in [0.4, 0.5) is 18.0 Å². The fourth-order valence-electron chi connectivity index (χ4n) is 0.672. The molecule has 0 rings (SSSR count). The van der Waals surface area contributed by atoms with Crippen molar-refractivity contribution in [3.8, 4) is 0 Å². The fraction of sp³-hybridized carbons (Fsp3) is 0.875. The van der Waals surface area contributed by atoms with Gasteiger partial charge in [-0.05, 0) is 20.8 Å². The quantitative estimate of drug-likeness (QED) is 0.465. The molecule has 0 aliphatic carbocycles. The van der Waals surface area contributed by atoms with Crippen molar-refractivity contribution < 1.29 is 27.4 Å². The van der Waals surface area contributed by atoms with E-state index < -0.39 is 31.2 Å². The summed E-state index contributed by atoms with van der Waals surface area (Å²) in [6, 6.07) is 0. The number of hydrogen-bond donors (Lipinski definition) is 1. The van der Waals surface area contributed by atoms with E-state index >= 15 is 0 Å². The van der Waals surface area contributed by atoms with Gasteiger partial charge in [-0.2, -0.15) is 0 Å². The number of halogens is 3. The van der Waals surface area contributed by atoms with Crippen LogP contribution in [-0.2, 0) is 9.47 Å². The molecule has 16 heavy (non-hydrogen) atoms. The Bertz CT molecular complexity index is 238. The molecule has 0 aromatic rings. The molecule has 5 nitrogen and oxygen atoms in total. The van der Waals surface area contributed by atoms with Gasteiger partial charge in [-0.3, -0.25) is 4.74 Å². The number of rotatable bonds is 3. The molecule has 0 radical (unpaired) electrons. The van der Waals surface area contributed by atoms with Gasteiger partial charge in [0.15, 0.2) is 0 Å². The molecule has 0 saturated heterocycles. The second-order valence-electron chi connectivity index (χ2n) is 3.97. The number of ether oxygens (including phenoxy) is 2. The summed E-state index contributed by atoms with van der Waals surface area (Å²) in [4.78, 5) is 11.2. The molecule has 0 saturated carbocycles. The summed E-state index contributed by atoms with van der Waals surface area (Å²) in [5, 5.41) is 0.525. The lowest BCUT2D eigenvalue weighted by Gasteiger charge is -2.24. The smallest absolute Gasteiger partial charge is 0.443 e.